The number of amides is 1. The first kappa shape index (κ1) is 22.4. The topological polar surface area (TPSA) is 77.3 Å². The van der Waals surface area contributed by atoms with Crippen LogP contribution in [0.3, 0.4) is 0 Å². The van der Waals surface area contributed by atoms with Crippen LogP contribution in [0.15, 0.2) is 36.7 Å². The number of likely N-dealkylation sites (N-methyl/N-ethyl adjacent to an activating group) is 1. The lowest BCUT2D eigenvalue weighted by atomic mass is 10.1. The van der Waals surface area contributed by atoms with E-state index in [9.17, 15) is 13.6 Å². The Kier molecular flexibility index (Phi) is 5.99. The number of carbonyl (C=O) groups excluding carboxylic acids is 1. The summed E-state index contributed by atoms with van der Waals surface area (Å²) in [5.41, 5.74) is 1.74. The van der Waals surface area contributed by atoms with E-state index in [0.29, 0.717) is 35.3 Å². The number of nitrogens with one attached hydrogen (secondary N) is 1. The maximum absolute atomic E-state index is 13.2. The summed E-state index contributed by atoms with van der Waals surface area (Å²) in [6, 6.07) is 7.17. The van der Waals surface area contributed by atoms with Gasteiger partial charge in [-0.2, -0.15) is 8.78 Å². The molecule has 1 atom stereocenters. The van der Waals surface area contributed by atoms with Crippen LogP contribution in [0.2, 0.25) is 0 Å². The lowest BCUT2D eigenvalue weighted by molar-refractivity contribution is -0.0502. The summed E-state index contributed by atoms with van der Waals surface area (Å²) < 4.78 is 44.3. The average Bonchev–Trinajstić information content (AvgIpc) is 3.52. The molecular formula is C24H26F2N4O4. The zero-order chi connectivity index (χ0) is 23.8. The van der Waals surface area contributed by atoms with Gasteiger partial charge in [-0.3, -0.25) is 14.1 Å². The van der Waals surface area contributed by atoms with Gasteiger partial charge in [0.25, 0.3) is 5.91 Å². The highest BCUT2D eigenvalue weighted by Gasteiger charge is 2.29. The maximum Gasteiger partial charge on any atom is 0.387 e. The Morgan fingerprint density at radius 2 is 2.03 bits per heavy atom. The first-order valence-corrected chi connectivity index (χ1v) is 11.2. The minimum absolute atomic E-state index is 0.0519. The van der Waals surface area contributed by atoms with E-state index in [1.54, 1.807) is 12.3 Å². The van der Waals surface area contributed by atoms with Gasteiger partial charge in [-0.15, -0.1) is 0 Å². The second-order valence-corrected chi connectivity index (χ2v) is 8.65. The Morgan fingerprint density at radius 3 is 2.68 bits per heavy atom. The van der Waals surface area contributed by atoms with Gasteiger partial charge >= 0.3 is 6.61 Å². The van der Waals surface area contributed by atoms with Gasteiger partial charge in [0.15, 0.2) is 0 Å². The third-order valence-electron chi connectivity index (χ3n) is 6.30. The molecule has 1 saturated heterocycles. The van der Waals surface area contributed by atoms with Gasteiger partial charge in [-0.1, -0.05) is 0 Å². The number of hydrogen-bond acceptors (Lipinski definition) is 6. The van der Waals surface area contributed by atoms with Gasteiger partial charge in [0.05, 0.1) is 19.0 Å². The zero-order valence-corrected chi connectivity index (χ0v) is 19.0. The summed E-state index contributed by atoms with van der Waals surface area (Å²) in [5, 5.41) is 2.80. The van der Waals surface area contributed by atoms with Gasteiger partial charge in [-0.25, -0.2) is 4.98 Å². The second kappa shape index (κ2) is 9.09. The van der Waals surface area contributed by atoms with Crippen molar-refractivity contribution in [3.63, 3.8) is 0 Å². The quantitative estimate of drug-likeness (QED) is 0.513. The number of nitrogens with zero attached hydrogens (tertiary/aromatic N) is 3. The van der Waals surface area contributed by atoms with E-state index in [4.69, 9.17) is 14.2 Å². The van der Waals surface area contributed by atoms with Crippen molar-refractivity contribution in [2.75, 3.05) is 27.3 Å². The van der Waals surface area contributed by atoms with Crippen molar-refractivity contribution in [3.05, 3.63) is 42.2 Å². The second-order valence-electron chi connectivity index (χ2n) is 8.65. The number of imidazole rings is 1. The molecule has 1 aromatic carbocycles. The van der Waals surface area contributed by atoms with Crippen LogP contribution in [0.1, 0.15) is 29.6 Å². The molecule has 5 rings (SSSR count). The van der Waals surface area contributed by atoms with Crippen molar-refractivity contribution in [1.29, 1.82) is 0 Å². The van der Waals surface area contributed by atoms with Gasteiger partial charge in [-0.05, 0) is 51.1 Å². The minimum Gasteiger partial charge on any atom is -0.496 e. The minimum atomic E-state index is -3.09. The summed E-state index contributed by atoms with van der Waals surface area (Å²) in [5.74, 6) is 0.0998. The summed E-state index contributed by atoms with van der Waals surface area (Å²) >= 11 is 0. The first-order chi connectivity index (χ1) is 16.4. The number of ether oxygens (including phenoxy) is 3. The Labute approximate surface area is 195 Å². The molecule has 8 nitrogen and oxygen atoms in total. The van der Waals surface area contributed by atoms with Crippen molar-refractivity contribution in [2.45, 2.75) is 38.0 Å². The van der Waals surface area contributed by atoms with E-state index in [1.807, 2.05) is 22.7 Å². The fraction of sp³-hybridized carbons (Fsp3) is 0.417. The highest BCUT2D eigenvalue weighted by atomic mass is 19.3. The fourth-order valence-corrected chi connectivity index (χ4v) is 4.03. The first-order valence-electron chi connectivity index (χ1n) is 11.2. The lowest BCUT2D eigenvalue weighted by Gasteiger charge is -2.37. The summed E-state index contributed by atoms with van der Waals surface area (Å²) in [7, 11) is 3.46. The normalized spacial score (nSPS) is 18.1. The molecule has 3 heterocycles. The molecule has 1 saturated carbocycles. The van der Waals surface area contributed by atoms with Crippen LogP contribution in [-0.2, 0) is 0 Å². The molecule has 2 aromatic heterocycles. The number of alkyl halides is 2. The summed E-state index contributed by atoms with van der Waals surface area (Å²) in [6.45, 7) is -1.40. The predicted molar refractivity (Wildman–Crippen MR) is 121 cm³/mol. The third-order valence-corrected chi connectivity index (χ3v) is 6.30. The van der Waals surface area contributed by atoms with Crippen LogP contribution in [0.4, 0.5) is 8.78 Å². The van der Waals surface area contributed by atoms with Crippen LogP contribution >= 0.6 is 0 Å². The van der Waals surface area contributed by atoms with Crippen LogP contribution in [0.5, 0.6) is 17.2 Å². The van der Waals surface area contributed by atoms with E-state index in [2.05, 4.69) is 22.2 Å². The number of hydrogen-bond donors (Lipinski definition) is 1. The van der Waals surface area contributed by atoms with Crippen molar-refractivity contribution in [1.82, 2.24) is 19.6 Å². The van der Waals surface area contributed by atoms with Gasteiger partial charge in [0, 0.05) is 29.9 Å². The molecule has 34 heavy (non-hydrogen) atoms. The maximum atomic E-state index is 13.2. The standard InChI is InChI=1S/C24H26F2N4O4/c1-29-7-5-16(29)13-33-17-6-8-30-18(12-27-21(30)11-17)14-9-19(32-2)22(20(10-14)34-24(25)26)23(31)28-15-3-4-15/h6,8-12,15-16,24H,3-5,7,13H2,1-2H3,(H,28,31). The van der Waals surface area contributed by atoms with Crippen molar-refractivity contribution < 1.29 is 27.8 Å². The van der Waals surface area contributed by atoms with E-state index in [-0.39, 0.29) is 23.1 Å². The number of pyridine rings is 1. The molecule has 180 valence electrons. The van der Waals surface area contributed by atoms with Gasteiger partial charge in [0.2, 0.25) is 0 Å². The molecule has 1 unspecified atom stereocenters. The molecule has 1 amide bonds. The SMILES string of the molecule is COc1cc(-c2cnc3cc(OCC4CCN4C)ccn23)cc(OC(F)F)c1C(=O)NC1CC1. The molecule has 1 aliphatic heterocycles. The van der Waals surface area contributed by atoms with Crippen LogP contribution in [-0.4, -0.2) is 66.2 Å². The molecule has 1 aliphatic carbocycles. The highest BCUT2D eigenvalue weighted by molar-refractivity contribution is 6.01. The van der Waals surface area contributed by atoms with E-state index in [1.165, 1.54) is 13.2 Å². The van der Waals surface area contributed by atoms with Gasteiger partial charge < -0.3 is 19.5 Å². The monoisotopic (exact) mass is 472 g/mol. The number of fused-ring (bicyclic) bond motifs is 1. The fourth-order valence-electron chi connectivity index (χ4n) is 4.03. The average molecular weight is 472 g/mol. The van der Waals surface area contributed by atoms with Crippen LogP contribution in [0.25, 0.3) is 16.9 Å². The van der Waals surface area contributed by atoms with E-state index >= 15 is 0 Å². The van der Waals surface area contributed by atoms with Crippen molar-refractivity contribution in [2.24, 2.45) is 0 Å². The molecule has 0 radical (unpaired) electrons. The number of methoxy groups -OCH3 is 1. The summed E-state index contributed by atoms with van der Waals surface area (Å²) in [4.78, 5) is 19.4. The zero-order valence-electron chi connectivity index (χ0n) is 19.0. The van der Waals surface area contributed by atoms with E-state index in [0.717, 1.165) is 25.8 Å². The number of rotatable bonds is 9. The summed E-state index contributed by atoms with van der Waals surface area (Å²) in [6.07, 6.45) is 6.28. The van der Waals surface area contributed by atoms with Gasteiger partial charge in [0.1, 0.15) is 35.1 Å². The van der Waals surface area contributed by atoms with Crippen LogP contribution < -0.4 is 19.5 Å². The van der Waals surface area contributed by atoms with Crippen molar-refractivity contribution in [3.8, 4) is 28.5 Å². The molecule has 2 aliphatic rings. The number of halogens is 2. The van der Waals surface area contributed by atoms with Crippen LogP contribution in [0, 0.1) is 0 Å². The number of likely N-dealkylation sites (tertiary alicyclic amines) is 1. The third kappa shape index (κ3) is 4.50. The highest BCUT2D eigenvalue weighted by Crippen LogP contribution is 2.37. The largest absolute Gasteiger partial charge is 0.496 e. The Morgan fingerprint density at radius 1 is 1.24 bits per heavy atom. The number of benzene rings is 1. The lowest BCUT2D eigenvalue weighted by Crippen LogP contribution is -2.48. The Hall–Kier alpha value is -3.40. The Bertz CT molecular complexity index is 1210. The molecule has 2 fully saturated rings. The predicted octanol–water partition coefficient (Wildman–Crippen LogP) is 3.59. The van der Waals surface area contributed by atoms with Crippen molar-refractivity contribution >= 4 is 11.6 Å². The smallest absolute Gasteiger partial charge is 0.387 e. The molecule has 1 N–H and O–H groups in total. The number of aromatic nitrogens is 2. The number of carbonyl (C=O) groups is 1. The van der Waals surface area contributed by atoms with E-state index < -0.39 is 12.5 Å². The molecule has 0 bridgehead atoms. The molecule has 0 spiro atoms. The molecular weight excluding hydrogens is 446 g/mol. The molecule has 3 aromatic rings. The molecule has 10 heteroatoms. The Balaban J connectivity index is 1.46.